The van der Waals surface area contributed by atoms with Crippen molar-refractivity contribution in [2.75, 3.05) is 20.2 Å². The number of methoxy groups -OCH3 is 1. The van der Waals surface area contributed by atoms with E-state index in [4.69, 9.17) is 4.74 Å². The van der Waals surface area contributed by atoms with Crippen molar-refractivity contribution in [1.82, 2.24) is 9.88 Å². The number of hydrogen-bond acceptors (Lipinski definition) is 3. The van der Waals surface area contributed by atoms with Gasteiger partial charge in [0.05, 0.1) is 12.8 Å². The maximum Gasteiger partial charge on any atom is 0.471 e. The summed E-state index contributed by atoms with van der Waals surface area (Å²) in [5.41, 5.74) is 0.512. The Morgan fingerprint density at radius 1 is 1.52 bits per heavy atom. The number of carbonyl (C=O) groups excluding carboxylic acids is 1. The van der Waals surface area contributed by atoms with E-state index in [1.165, 1.54) is 13.2 Å². The smallest absolute Gasteiger partial charge is 0.471 e. The fourth-order valence-corrected chi connectivity index (χ4v) is 2.02. The van der Waals surface area contributed by atoms with E-state index in [0.29, 0.717) is 20.9 Å². The van der Waals surface area contributed by atoms with Gasteiger partial charge in [0.2, 0.25) is 5.88 Å². The largest absolute Gasteiger partial charge is 0.481 e. The van der Waals surface area contributed by atoms with Gasteiger partial charge in [-0.2, -0.15) is 13.2 Å². The quantitative estimate of drug-likeness (QED) is 0.727. The molecule has 0 bridgehead atoms. The number of alkyl halides is 3. The van der Waals surface area contributed by atoms with Crippen LogP contribution in [-0.2, 0) is 11.2 Å². The predicted octanol–water partition coefficient (Wildman–Crippen LogP) is 2.97. The third-order valence-corrected chi connectivity index (χ3v) is 3.32. The molecule has 0 aliphatic rings. The zero-order chi connectivity index (χ0) is 16.0. The van der Waals surface area contributed by atoms with E-state index in [1.54, 1.807) is 12.1 Å². The Balaban J connectivity index is 2.82. The first-order valence-electron chi connectivity index (χ1n) is 5.96. The average Bonchev–Trinajstić information content (AvgIpc) is 2.43. The van der Waals surface area contributed by atoms with Gasteiger partial charge in [0.15, 0.2) is 0 Å². The third kappa shape index (κ3) is 5.04. The number of ether oxygens (including phenoxy) is 1. The summed E-state index contributed by atoms with van der Waals surface area (Å²) in [6.45, 7) is 3.06. The first kappa shape index (κ1) is 17.5. The molecule has 0 N–H and O–H groups in total. The summed E-state index contributed by atoms with van der Waals surface area (Å²) in [6.07, 6.45) is -3.49. The molecule has 0 spiro atoms. The van der Waals surface area contributed by atoms with Gasteiger partial charge in [0, 0.05) is 30.0 Å². The maximum atomic E-state index is 12.5. The summed E-state index contributed by atoms with van der Waals surface area (Å²) in [5, 5.41) is 0. The second-order valence-corrected chi connectivity index (χ2v) is 4.92. The molecule has 0 saturated heterocycles. The zero-order valence-corrected chi connectivity index (χ0v) is 12.9. The molecule has 0 aromatic carbocycles. The molecule has 4 nitrogen and oxygen atoms in total. The van der Waals surface area contributed by atoms with Crippen LogP contribution in [0.1, 0.15) is 5.69 Å². The molecule has 8 heteroatoms. The number of aromatic nitrogens is 1. The lowest BCUT2D eigenvalue weighted by atomic mass is 10.2. The van der Waals surface area contributed by atoms with Crippen LogP contribution in [0.3, 0.4) is 0 Å². The van der Waals surface area contributed by atoms with Gasteiger partial charge in [-0.15, -0.1) is 6.58 Å². The van der Waals surface area contributed by atoms with Crippen molar-refractivity contribution in [3.05, 3.63) is 35.0 Å². The Hall–Kier alpha value is -1.57. The summed E-state index contributed by atoms with van der Waals surface area (Å²) in [7, 11) is 1.44. The van der Waals surface area contributed by atoms with Crippen LogP contribution in [0.5, 0.6) is 5.88 Å². The van der Waals surface area contributed by atoms with Crippen molar-refractivity contribution < 1.29 is 22.7 Å². The number of hydrogen-bond donors (Lipinski definition) is 0. The fourth-order valence-electron chi connectivity index (χ4n) is 1.61. The van der Waals surface area contributed by atoms with Crippen LogP contribution in [0, 0.1) is 0 Å². The highest BCUT2D eigenvalue weighted by Gasteiger charge is 2.41. The highest BCUT2D eigenvalue weighted by Crippen LogP contribution is 2.21. The molecule has 1 heterocycles. The van der Waals surface area contributed by atoms with Crippen molar-refractivity contribution in [2.24, 2.45) is 0 Å². The molecule has 1 aromatic heterocycles. The Labute approximate surface area is 128 Å². The molecule has 0 aliphatic heterocycles. The Kier molecular flexibility index (Phi) is 6.19. The summed E-state index contributed by atoms with van der Waals surface area (Å²) < 4.78 is 43.0. The van der Waals surface area contributed by atoms with Gasteiger partial charge in [-0.25, -0.2) is 4.98 Å². The van der Waals surface area contributed by atoms with Crippen molar-refractivity contribution in [2.45, 2.75) is 12.6 Å². The number of pyridine rings is 1. The van der Waals surface area contributed by atoms with Crippen molar-refractivity contribution in [3.63, 3.8) is 0 Å². The van der Waals surface area contributed by atoms with Crippen LogP contribution >= 0.6 is 15.9 Å². The second kappa shape index (κ2) is 7.44. The highest BCUT2D eigenvalue weighted by molar-refractivity contribution is 9.10. The van der Waals surface area contributed by atoms with Gasteiger partial charge in [-0.3, -0.25) is 4.79 Å². The van der Waals surface area contributed by atoms with E-state index in [9.17, 15) is 18.0 Å². The van der Waals surface area contributed by atoms with Crippen LogP contribution in [-0.4, -0.2) is 42.2 Å². The van der Waals surface area contributed by atoms with E-state index in [-0.39, 0.29) is 19.5 Å². The van der Waals surface area contributed by atoms with E-state index in [2.05, 4.69) is 27.5 Å². The molecule has 1 amide bonds. The van der Waals surface area contributed by atoms with Crippen LogP contribution < -0.4 is 4.74 Å². The van der Waals surface area contributed by atoms with Gasteiger partial charge in [0.25, 0.3) is 0 Å². The minimum atomic E-state index is -4.90. The van der Waals surface area contributed by atoms with E-state index in [0.717, 1.165) is 0 Å². The lowest BCUT2D eigenvalue weighted by molar-refractivity contribution is -0.184. The third-order valence-electron chi connectivity index (χ3n) is 2.60. The van der Waals surface area contributed by atoms with Crippen LogP contribution in [0.2, 0.25) is 0 Å². The van der Waals surface area contributed by atoms with Gasteiger partial charge in [-0.05, 0) is 22.0 Å². The first-order valence-corrected chi connectivity index (χ1v) is 6.75. The fraction of sp³-hybridized carbons (Fsp3) is 0.385. The molecule has 1 aromatic rings. The topological polar surface area (TPSA) is 42.4 Å². The van der Waals surface area contributed by atoms with E-state index in [1.807, 2.05) is 0 Å². The zero-order valence-electron chi connectivity index (χ0n) is 11.3. The van der Waals surface area contributed by atoms with Crippen molar-refractivity contribution in [1.29, 1.82) is 0 Å². The van der Waals surface area contributed by atoms with Gasteiger partial charge >= 0.3 is 12.1 Å². The van der Waals surface area contributed by atoms with E-state index >= 15 is 0 Å². The Bertz CT molecular complexity index is 521. The minimum Gasteiger partial charge on any atom is -0.481 e. The molecule has 21 heavy (non-hydrogen) atoms. The number of amides is 1. The maximum absolute atomic E-state index is 12.5. The summed E-state index contributed by atoms with van der Waals surface area (Å²) in [6, 6.07) is 3.31. The molecule has 0 aliphatic carbocycles. The second-order valence-electron chi connectivity index (χ2n) is 4.07. The molecule has 0 saturated carbocycles. The SMILES string of the molecule is C=CCN(CCc1nc(OC)ccc1Br)C(=O)C(F)(F)F. The van der Waals surface area contributed by atoms with Gasteiger partial charge < -0.3 is 9.64 Å². The van der Waals surface area contributed by atoms with Crippen LogP contribution in [0.15, 0.2) is 29.3 Å². The normalized spacial score (nSPS) is 11.1. The molecule has 0 radical (unpaired) electrons. The predicted molar refractivity (Wildman–Crippen MR) is 75.0 cm³/mol. The van der Waals surface area contributed by atoms with Crippen molar-refractivity contribution >= 4 is 21.8 Å². The number of nitrogens with zero attached hydrogens (tertiary/aromatic N) is 2. The van der Waals surface area contributed by atoms with E-state index < -0.39 is 12.1 Å². The van der Waals surface area contributed by atoms with Crippen LogP contribution in [0.25, 0.3) is 0 Å². The summed E-state index contributed by atoms with van der Waals surface area (Å²) in [5.74, 6) is -1.54. The van der Waals surface area contributed by atoms with Gasteiger partial charge in [0.1, 0.15) is 0 Å². The lowest BCUT2D eigenvalue weighted by Gasteiger charge is -2.22. The Morgan fingerprint density at radius 3 is 2.71 bits per heavy atom. The molecule has 0 unspecified atom stereocenters. The first-order chi connectivity index (χ1) is 9.79. The van der Waals surface area contributed by atoms with Gasteiger partial charge in [-0.1, -0.05) is 6.08 Å². The molecule has 0 atom stereocenters. The molecule has 0 fully saturated rings. The summed E-state index contributed by atoms with van der Waals surface area (Å²) in [4.78, 5) is 16.1. The summed E-state index contributed by atoms with van der Waals surface area (Å²) >= 11 is 3.26. The number of carbonyl (C=O) groups is 1. The highest BCUT2D eigenvalue weighted by atomic mass is 79.9. The molecular formula is C13H14BrF3N2O2. The Morgan fingerprint density at radius 2 is 2.19 bits per heavy atom. The van der Waals surface area contributed by atoms with Crippen LogP contribution in [0.4, 0.5) is 13.2 Å². The number of halogens is 4. The standard InChI is InChI=1S/C13H14BrF3N2O2/c1-3-7-19(12(20)13(15,16)17)8-6-10-9(14)4-5-11(18-10)21-2/h3-5H,1,6-8H2,2H3. The van der Waals surface area contributed by atoms with Crippen molar-refractivity contribution in [3.8, 4) is 5.88 Å². The minimum absolute atomic E-state index is 0.122. The molecule has 1 rings (SSSR count). The molecular weight excluding hydrogens is 353 g/mol. The molecule has 116 valence electrons. The monoisotopic (exact) mass is 366 g/mol. The lowest BCUT2D eigenvalue weighted by Crippen LogP contribution is -2.42. The average molecular weight is 367 g/mol. The number of rotatable bonds is 6.